The van der Waals surface area contributed by atoms with Gasteiger partial charge in [-0.25, -0.2) is 9.78 Å². The molecule has 1 fully saturated rings. The molecule has 1 saturated heterocycles. The van der Waals surface area contributed by atoms with E-state index in [0.717, 1.165) is 48.2 Å². The third-order valence-electron chi connectivity index (χ3n) is 8.24. The molecule has 3 heterocycles. The molecule has 0 spiro atoms. The Morgan fingerprint density at radius 3 is 2.44 bits per heavy atom. The number of fused-ring (bicyclic) bond motifs is 1. The van der Waals surface area contributed by atoms with Crippen molar-refractivity contribution in [1.82, 2.24) is 19.8 Å². The molecule has 0 bridgehead atoms. The summed E-state index contributed by atoms with van der Waals surface area (Å²) in [4.78, 5) is 34.4. The molecule has 2 amide bonds. The molecule has 2 aromatic heterocycles. The number of anilines is 3. The van der Waals surface area contributed by atoms with Gasteiger partial charge in [0.1, 0.15) is 5.82 Å². The molecular formula is C35H44N6O4. The smallest absolute Gasteiger partial charge is 0.325 e. The van der Waals surface area contributed by atoms with Crippen LogP contribution < -0.4 is 15.5 Å². The minimum Gasteiger partial charge on any atom is -0.392 e. The number of nitrogens with one attached hydrogen (secondary N) is 2. The van der Waals surface area contributed by atoms with Crippen LogP contribution in [-0.2, 0) is 4.74 Å². The monoisotopic (exact) mass is 612 g/mol. The van der Waals surface area contributed by atoms with Crippen LogP contribution in [0.1, 0.15) is 55.5 Å². The maximum atomic E-state index is 13.2. The van der Waals surface area contributed by atoms with Crippen LogP contribution in [0.2, 0.25) is 0 Å². The second kappa shape index (κ2) is 14.7. The number of likely N-dealkylation sites (tertiary alicyclic amines) is 1. The number of benzene rings is 2. The normalized spacial score (nSPS) is 14.9. The largest absolute Gasteiger partial charge is 0.392 e. The molecule has 238 valence electrons. The second-order valence-electron chi connectivity index (χ2n) is 12.0. The summed E-state index contributed by atoms with van der Waals surface area (Å²) in [6.45, 7) is 9.58. The number of β-amino-alcohol motifs (C(OH)–C–C–N with tert-alkyl or cyclic N) is 1. The number of amides is 2. The lowest BCUT2D eigenvalue weighted by atomic mass is 9.89. The summed E-state index contributed by atoms with van der Waals surface area (Å²) in [5, 5.41) is 16.2. The van der Waals surface area contributed by atoms with Crippen molar-refractivity contribution >= 4 is 40.0 Å². The number of piperidine rings is 1. The Balaban J connectivity index is 1.30. The van der Waals surface area contributed by atoms with Gasteiger partial charge in [-0.15, -0.1) is 0 Å². The summed E-state index contributed by atoms with van der Waals surface area (Å²) in [6, 6.07) is 19.3. The van der Waals surface area contributed by atoms with Gasteiger partial charge in [-0.2, -0.15) is 0 Å². The van der Waals surface area contributed by atoms with E-state index < -0.39 is 0 Å². The number of pyridine rings is 1. The lowest BCUT2D eigenvalue weighted by molar-refractivity contribution is 0.0851. The quantitative estimate of drug-likeness (QED) is 0.202. The van der Waals surface area contributed by atoms with Gasteiger partial charge in [0, 0.05) is 60.9 Å². The molecule has 10 heteroatoms. The molecule has 1 aliphatic heterocycles. The van der Waals surface area contributed by atoms with Gasteiger partial charge in [0.25, 0.3) is 5.91 Å². The van der Waals surface area contributed by atoms with Gasteiger partial charge in [0.15, 0.2) is 0 Å². The van der Waals surface area contributed by atoms with Crippen LogP contribution in [0.15, 0.2) is 73.1 Å². The van der Waals surface area contributed by atoms with E-state index >= 15 is 0 Å². The molecule has 4 aromatic rings. The number of aromatic nitrogens is 2. The van der Waals surface area contributed by atoms with Gasteiger partial charge in [0.2, 0.25) is 0 Å². The minimum absolute atomic E-state index is 0.0949. The zero-order valence-electron chi connectivity index (χ0n) is 26.6. The highest BCUT2D eigenvalue weighted by Crippen LogP contribution is 2.31. The zero-order valence-corrected chi connectivity index (χ0v) is 26.6. The molecule has 2 aromatic carbocycles. The first-order valence-corrected chi connectivity index (χ1v) is 15.7. The summed E-state index contributed by atoms with van der Waals surface area (Å²) in [5.41, 5.74) is 4.42. The third-order valence-corrected chi connectivity index (χ3v) is 8.24. The molecule has 10 nitrogen and oxygen atoms in total. The molecule has 0 saturated carbocycles. The number of ether oxygens (including phenoxy) is 1. The fraction of sp³-hybridized carbons (Fsp3) is 0.400. The molecule has 0 unspecified atom stereocenters. The third kappa shape index (κ3) is 8.08. The molecule has 1 aliphatic rings. The zero-order chi connectivity index (χ0) is 31.9. The Hall–Kier alpha value is -4.25. The highest BCUT2D eigenvalue weighted by atomic mass is 16.5. The molecule has 3 N–H and O–H groups in total. The van der Waals surface area contributed by atoms with Crippen molar-refractivity contribution in [3.05, 3.63) is 84.2 Å². The molecular weight excluding hydrogens is 568 g/mol. The van der Waals surface area contributed by atoms with Gasteiger partial charge in [-0.1, -0.05) is 12.1 Å². The van der Waals surface area contributed by atoms with E-state index in [1.807, 2.05) is 69.3 Å². The number of rotatable bonds is 11. The number of carbonyl (C=O) groups is 2. The lowest BCUT2D eigenvalue weighted by Gasteiger charge is -2.32. The van der Waals surface area contributed by atoms with Gasteiger partial charge >= 0.3 is 6.03 Å². The number of nitrogens with zero attached hydrogens (tertiary/aromatic N) is 4. The van der Waals surface area contributed by atoms with E-state index in [1.165, 1.54) is 5.56 Å². The molecule has 0 radical (unpaired) electrons. The number of hydrogen-bond acceptors (Lipinski definition) is 7. The molecule has 1 atom stereocenters. The van der Waals surface area contributed by atoms with Crippen molar-refractivity contribution < 1.29 is 19.4 Å². The standard InChI is InChI=1S/C35H44N6O4/c1-24(2)45-20-19-40(30-9-10-32-29(21-30)14-18-41(32)35(44)36-4)31-11-15-37-33(22-31)38-34(43)28-7-5-26(6-8-28)27-12-16-39(17-13-27)23-25(3)42/h5-11,14-15,18,21-22,24-25,27,42H,12-13,16-17,19-20,23H2,1-4H3,(H,36,44)(H,37,38,43)/t25-/m0/s1. The Labute approximate surface area is 265 Å². The van der Waals surface area contributed by atoms with Gasteiger partial charge < -0.3 is 30.3 Å². The van der Waals surface area contributed by atoms with Crippen LogP contribution in [0.5, 0.6) is 0 Å². The van der Waals surface area contributed by atoms with Gasteiger partial charge in [-0.05, 0) is 101 Å². The second-order valence-corrected chi connectivity index (χ2v) is 12.0. The molecule has 0 aliphatic carbocycles. The van der Waals surface area contributed by atoms with Crippen molar-refractivity contribution in [1.29, 1.82) is 0 Å². The van der Waals surface area contributed by atoms with Crippen molar-refractivity contribution in [2.24, 2.45) is 0 Å². The molecule has 5 rings (SSSR count). The van der Waals surface area contributed by atoms with E-state index in [9.17, 15) is 14.7 Å². The van der Waals surface area contributed by atoms with E-state index in [-0.39, 0.29) is 24.1 Å². The van der Waals surface area contributed by atoms with Crippen molar-refractivity contribution in [2.45, 2.75) is 51.7 Å². The van der Waals surface area contributed by atoms with E-state index in [4.69, 9.17) is 4.74 Å². The summed E-state index contributed by atoms with van der Waals surface area (Å²) in [6.07, 6.45) is 5.32. The van der Waals surface area contributed by atoms with Crippen LogP contribution in [-0.4, -0.2) is 83.5 Å². The summed E-state index contributed by atoms with van der Waals surface area (Å²) >= 11 is 0. The van der Waals surface area contributed by atoms with Crippen molar-refractivity contribution in [2.75, 3.05) is 50.1 Å². The fourth-order valence-electron chi connectivity index (χ4n) is 5.96. The van der Waals surface area contributed by atoms with Gasteiger partial charge in [-0.3, -0.25) is 9.36 Å². The van der Waals surface area contributed by atoms with Crippen LogP contribution in [0, 0.1) is 0 Å². The minimum atomic E-state index is -0.310. The van der Waals surface area contributed by atoms with Crippen molar-refractivity contribution in [3.8, 4) is 0 Å². The first-order chi connectivity index (χ1) is 21.7. The first kappa shape index (κ1) is 32.2. The highest BCUT2D eigenvalue weighted by Gasteiger charge is 2.22. The average Bonchev–Trinajstić information content (AvgIpc) is 3.46. The fourth-order valence-corrected chi connectivity index (χ4v) is 5.96. The Bertz CT molecular complexity index is 1590. The number of carbonyl (C=O) groups excluding carboxylic acids is 2. The predicted octanol–water partition coefficient (Wildman–Crippen LogP) is 5.60. The summed E-state index contributed by atoms with van der Waals surface area (Å²) in [7, 11) is 1.61. The topological polar surface area (TPSA) is 112 Å². The van der Waals surface area contributed by atoms with E-state index in [0.29, 0.717) is 37.0 Å². The Morgan fingerprint density at radius 2 is 1.76 bits per heavy atom. The predicted molar refractivity (Wildman–Crippen MR) is 179 cm³/mol. The Kier molecular flexibility index (Phi) is 10.5. The number of aliphatic hydroxyl groups is 1. The van der Waals surface area contributed by atoms with Crippen molar-refractivity contribution in [3.63, 3.8) is 0 Å². The number of aliphatic hydroxyl groups excluding tert-OH is 1. The first-order valence-electron chi connectivity index (χ1n) is 15.7. The van der Waals surface area contributed by atoms with Crippen LogP contribution in [0.4, 0.5) is 22.0 Å². The average molecular weight is 613 g/mol. The van der Waals surface area contributed by atoms with Crippen LogP contribution in [0.25, 0.3) is 10.9 Å². The SMILES string of the molecule is CNC(=O)n1ccc2cc(N(CCOC(C)C)c3ccnc(NC(=O)c4ccc(C5CCN(C[C@H](C)O)CC5)cc4)c3)ccc21. The maximum Gasteiger partial charge on any atom is 0.325 e. The van der Waals surface area contributed by atoms with Crippen LogP contribution >= 0.6 is 0 Å². The summed E-state index contributed by atoms with van der Waals surface area (Å²) < 4.78 is 7.47. The Morgan fingerprint density at radius 1 is 1.02 bits per heavy atom. The maximum absolute atomic E-state index is 13.2. The highest BCUT2D eigenvalue weighted by molar-refractivity contribution is 6.04. The number of hydrogen-bond donors (Lipinski definition) is 3. The van der Waals surface area contributed by atoms with Crippen LogP contribution in [0.3, 0.4) is 0 Å². The van der Waals surface area contributed by atoms with E-state index in [1.54, 1.807) is 24.0 Å². The summed E-state index contributed by atoms with van der Waals surface area (Å²) in [5.74, 6) is 0.691. The van der Waals surface area contributed by atoms with Gasteiger partial charge in [0.05, 0.1) is 24.3 Å². The van der Waals surface area contributed by atoms with E-state index in [2.05, 4.69) is 37.6 Å². The lowest BCUT2D eigenvalue weighted by Crippen LogP contribution is -2.37. The molecule has 45 heavy (non-hydrogen) atoms.